The fraction of sp³-hybridized carbons (Fsp3) is 0.636. The molecule has 0 aliphatic carbocycles. The van der Waals surface area contributed by atoms with Crippen LogP contribution in [0, 0.1) is 5.41 Å². The van der Waals surface area contributed by atoms with Gasteiger partial charge in [0.2, 0.25) is 0 Å². The number of sulfone groups is 1. The molecule has 82 valence electrons. The lowest BCUT2D eigenvalue weighted by atomic mass is 10.0. The molecule has 0 aliphatic rings. The minimum atomic E-state index is -2.94. The van der Waals surface area contributed by atoms with Crippen molar-refractivity contribution in [3.63, 3.8) is 0 Å². The fourth-order valence-electron chi connectivity index (χ4n) is 1.11. The number of hydrogen-bond acceptors (Lipinski definition) is 2. The molecule has 0 aromatic rings. The van der Waals surface area contributed by atoms with E-state index in [2.05, 4.69) is 0 Å². The van der Waals surface area contributed by atoms with Gasteiger partial charge < -0.3 is 0 Å². The first kappa shape index (κ1) is 13.4. The Bertz CT molecular complexity index is 303. The van der Waals surface area contributed by atoms with E-state index in [-0.39, 0.29) is 16.9 Å². The quantitative estimate of drug-likeness (QED) is 0.677. The van der Waals surface area contributed by atoms with Crippen molar-refractivity contribution in [1.82, 2.24) is 0 Å². The highest BCUT2D eigenvalue weighted by atomic mass is 32.2. The zero-order chi connectivity index (χ0) is 11.2. The van der Waals surface area contributed by atoms with E-state index in [1.165, 1.54) is 0 Å². The molecule has 14 heavy (non-hydrogen) atoms. The van der Waals surface area contributed by atoms with Crippen LogP contribution in [0.3, 0.4) is 0 Å². The van der Waals surface area contributed by atoms with Gasteiger partial charge in [0, 0.05) is 0 Å². The molecule has 0 aromatic carbocycles. The minimum absolute atomic E-state index is 0.134. The van der Waals surface area contributed by atoms with Gasteiger partial charge in [0.05, 0.1) is 11.5 Å². The highest BCUT2D eigenvalue weighted by Crippen LogP contribution is 2.16. The Morgan fingerprint density at radius 2 is 1.71 bits per heavy atom. The van der Waals surface area contributed by atoms with Gasteiger partial charge in [-0.3, -0.25) is 0 Å². The molecule has 0 fully saturated rings. The van der Waals surface area contributed by atoms with Crippen LogP contribution in [-0.2, 0) is 9.84 Å². The van der Waals surface area contributed by atoms with Gasteiger partial charge >= 0.3 is 0 Å². The van der Waals surface area contributed by atoms with Crippen molar-refractivity contribution in [2.75, 3.05) is 11.5 Å². The summed E-state index contributed by atoms with van der Waals surface area (Å²) in [5.41, 5.74) is -0.159. The first-order chi connectivity index (χ1) is 6.27. The topological polar surface area (TPSA) is 34.1 Å². The Kier molecular flexibility index (Phi) is 5.13. The third-order valence-electron chi connectivity index (χ3n) is 1.44. The predicted octanol–water partition coefficient (Wildman–Crippen LogP) is 2.58. The second-order valence-electron chi connectivity index (χ2n) is 4.57. The summed E-state index contributed by atoms with van der Waals surface area (Å²) in [6.07, 6.45) is 7.14. The molecular formula is C11H20O2S. The van der Waals surface area contributed by atoms with Gasteiger partial charge in [0.1, 0.15) is 0 Å². The third kappa shape index (κ3) is 8.05. The zero-order valence-electron chi connectivity index (χ0n) is 9.45. The molecule has 0 spiro atoms. The highest BCUT2D eigenvalue weighted by Gasteiger charge is 2.19. The van der Waals surface area contributed by atoms with Crippen LogP contribution in [0.25, 0.3) is 0 Å². The SMILES string of the molecule is CC=CC=CCS(=O)(=O)CC(C)(C)C. The van der Waals surface area contributed by atoms with Crippen LogP contribution < -0.4 is 0 Å². The van der Waals surface area contributed by atoms with Crippen LogP contribution >= 0.6 is 0 Å². The molecule has 0 aromatic heterocycles. The van der Waals surface area contributed by atoms with Gasteiger partial charge in [-0.1, -0.05) is 45.1 Å². The molecule has 0 rings (SSSR count). The van der Waals surface area contributed by atoms with Crippen molar-refractivity contribution in [3.8, 4) is 0 Å². The van der Waals surface area contributed by atoms with Crippen LogP contribution in [0.1, 0.15) is 27.7 Å². The average molecular weight is 216 g/mol. The lowest BCUT2D eigenvalue weighted by Crippen LogP contribution is -2.22. The largest absolute Gasteiger partial charge is 0.228 e. The van der Waals surface area contributed by atoms with Crippen molar-refractivity contribution in [2.24, 2.45) is 5.41 Å². The van der Waals surface area contributed by atoms with Crippen molar-refractivity contribution in [3.05, 3.63) is 24.3 Å². The minimum Gasteiger partial charge on any atom is -0.228 e. The van der Waals surface area contributed by atoms with E-state index in [0.29, 0.717) is 0 Å². The molecule has 0 radical (unpaired) electrons. The highest BCUT2D eigenvalue weighted by molar-refractivity contribution is 7.91. The second kappa shape index (κ2) is 5.35. The van der Waals surface area contributed by atoms with Gasteiger partial charge in [0.15, 0.2) is 9.84 Å². The fourth-order valence-corrected chi connectivity index (χ4v) is 2.95. The zero-order valence-corrected chi connectivity index (χ0v) is 10.3. The van der Waals surface area contributed by atoms with Crippen LogP contribution in [0.2, 0.25) is 0 Å². The summed E-state index contributed by atoms with van der Waals surface area (Å²) in [4.78, 5) is 0. The molecule has 0 aliphatic heterocycles. The summed E-state index contributed by atoms with van der Waals surface area (Å²) >= 11 is 0. The van der Waals surface area contributed by atoms with Crippen molar-refractivity contribution in [2.45, 2.75) is 27.7 Å². The van der Waals surface area contributed by atoms with Crippen molar-refractivity contribution in [1.29, 1.82) is 0 Å². The molecule has 0 amide bonds. The number of rotatable bonds is 4. The first-order valence-electron chi connectivity index (χ1n) is 4.75. The van der Waals surface area contributed by atoms with Gasteiger partial charge in [-0.2, -0.15) is 0 Å². The Balaban J connectivity index is 4.23. The Hall–Kier alpha value is -0.570. The summed E-state index contributed by atoms with van der Waals surface area (Å²) in [6, 6.07) is 0. The molecular weight excluding hydrogens is 196 g/mol. The predicted molar refractivity (Wildman–Crippen MR) is 62.1 cm³/mol. The second-order valence-corrected chi connectivity index (χ2v) is 6.68. The van der Waals surface area contributed by atoms with Gasteiger partial charge in [-0.15, -0.1) is 0 Å². The molecule has 3 heteroatoms. The van der Waals surface area contributed by atoms with Crippen molar-refractivity contribution >= 4 is 9.84 Å². The lowest BCUT2D eigenvalue weighted by molar-refractivity contribution is 0.462. The van der Waals surface area contributed by atoms with Crippen LogP contribution in [0.4, 0.5) is 0 Å². The first-order valence-corrected chi connectivity index (χ1v) is 6.57. The lowest BCUT2D eigenvalue weighted by Gasteiger charge is -2.16. The third-order valence-corrected chi connectivity index (χ3v) is 3.45. The van der Waals surface area contributed by atoms with E-state index in [1.54, 1.807) is 12.2 Å². The van der Waals surface area contributed by atoms with Crippen LogP contribution in [0.15, 0.2) is 24.3 Å². The van der Waals surface area contributed by atoms with Crippen LogP contribution in [0.5, 0.6) is 0 Å². The van der Waals surface area contributed by atoms with Gasteiger partial charge in [-0.25, -0.2) is 8.42 Å². The van der Waals surface area contributed by atoms with E-state index in [9.17, 15) is 8.42 Å². The van der Waals surface area contributed by atoms with Crippen LogP contribution in [-0.4, -0.2) is 19.9 Å². The normalized spacial score (nSPS) is 14.3. The summed E-state index contributed by atoms with van der Waals surface area (Å²) in [6.45, 7) is 7.69. The number of hydrogen-bond donors (Lipinski definition) is 0. The molecule has 0 heterocycles. The Morgan fingerprint density at radius 3 is 2.14 bits per heavy atom. The Labute approximate surface area is 87.6 Å². The maximum atomic E-state index is 11.5. The van der Waals surface area contributed by atoms with E-state index < -0.39 is 9.84 Å². The van der Waals surface area contributed by atoms with E-state index in [1.807, 2.05) is 39.8 Å². The smallest absolute Gasteiger partial charge is 0.154 e. The molecule has 0 unspecified atom stereocenters. The average Bonchev–Trinajstić information content (AvgIpc) is 1.93. The monoisotopic (exact) mass is 216 g/mol. The molecule has 0 bridgehead atoms. The summed E-state index contributed by atoms with van der Waals surface area (Å²) in [5, 5.41) is 0. The maximum Gasteiger partial charge on any atom is 0.154 e. The molecule has 0 atom stereocenters. The summed E-state index contributed by atoms with van der Waals surface area (Å²) < 4.78 is 23.1. The molecule has 0 N–H and O–H groups in total. The molecule has 0 saturated carbocycles. The summed E-state index contributed by atoms with van der Waals surface area (Å²) in [7, 11) is -2.94. The molecule has 0 saturated heterocycles. The van der Waals surface area contributed by atoms with Gasteiger partial charge in [0.25, 0.3) is 0 Å². The van der Waals surface area contributed by atoms with Crippen molar-refractivity contribution < 1.29 is 8.42 Å². The maximum absolute atomic E-state index is 11.5. The standard InChI is InChI=1S/C11H20O2S/c1-5-6-7-8-9-14(12,13)10-11(2,3)4/h5-8H,9-10H2,1-4H3. The van der Waals surface area contributed by atoms with E-state index in [0.717, 1.165) is 0 Å². The van der Waals surface area contributed by atoms with E-state index >= 15 is 0 Å². The van der Waals surface area contributed by atoms with Gasteiger partial charge in [-0.05, 0) is 12.3 Å². The Morgan fingerprint density at radius 1 is 1.14 bits per heavy atom. The number of allylic oxidation sites excluding steroid dienone is 3. The summed E-state index contributed by atoms with van der Waals surface area (Å²) in [5.74, 6) is 0.370. The van der Waals surface area contributed by atoms with E-state index in [4.69, 9.17) is 0 Å². The molecule has 2 nitrogen and oxygen atoms in total.